The fourth-order valence-corrected chi connectivity index (χ4v) is 1.80. The predicted molar refractivity (Wildman–Crippen MR) is 67.3 cm³/mol. The molecular weight excluding hydrogens is 214 g/mol. The van der Waals surface area contributed by atoms with E-state index < -0.39 is 0 Å². The molecule has 0 spiro atoms. The van der Waals surface area contributed by atoms with Crippen LogP contribution in [-0.2, 0) is 13.1 Å². The molecule has 0 aromatic carbocycles. The first kappa shape index (κ1) is 11.7. The Morgan fingerprint density at radius 3 is 2.76 bits per heavy atom. The molecule has 2 aromatic heterocycles. The Labute approximate surface area is 101 Å². The quantitative estimate of drug-likeness (QED) is 0.876. The molecular formula is C13H17N3O. The largest absolute Gasteiger partial charge is 0.465 e. The number of hydrogen-bond donors (Lipinski definition) is 1. The van der Waals surface area contributed by atoms with Crippen LogP contribution in [0.5, 0.6) is 0 Å². The van der Waals surface area contributed by atoms with Gasteiger partial charge in [-0.15, -0.1) is 0 Å². The topological polar surface area (TPSA) is 55.3 Å². The molecule has 4 heteroatoms. The Hall–Kier alpha value is -1.81. The lowest BCUT2D eigenvalue weighted by Crippen LogP contribution is -2.17. The van der Waals surface area contributed by atoms with Gasteiger partial charge in [0, 0.05) is 12.7 Å². The third-order valence-corrected chi connectivity index (χ3v) is 2.52. The molecule has 17 heavy (non-hydrogen) atoms. The van der Waals surface area contributed by atoms with Gasteiger partial charge in [-0.3, -0.25) is 4.90 Å². The maximum Gasteiger partial charge on any atom is 0.123 e. The summed E-state index contributed by atoms with van der Waals surface area (Å²) < 4.78 is 5.54. The van der Waals surface area contributed by atoms with Crippen LogP contribution >= 0.6 is 0 Å². The Bertz CT molecular complexity index is 493. The highest BCUT2D eigenvalue weighted by atomic mass is 16.3. The Morgan fingerprint density at radius 2 is 2.12 bits per heavy atom. The van der Waals surface area contributed by atoms with Crippen molar-refractivity contribution in [3.63, 3.8) is 0 Å². The van der Waals surface area contributed by atoms with Gasteiger partial charge in [-0.25, -0.2) is 4.98 Å². The van der Waals surface area contributed by atoms with E-state index in [4.69, 9.17) is 10.2 Å². The number of nitrogens with two attached hydrogens (primary N) is 1. The van der Waals surface area contributed by atoms with Crippen molar-refractivity contribution in [2.45, 2.75) is 20.0 Å². The van der Waals surface area contributed by atoms with Crippen LogP contribution in [0.2, 0.25) is 0 Å². The van der Waals surface area contributed by atoms with Crippen LogP contribution in [0.25, 0.3) is 0 Å². The van der Waals surface area contributed by atoms with Crippen LogP contribution in [0.15, 0.2) is 34.9 Å². The van der Waals surface area contributed by atoms with Gasteiger partial charge in [-0.05, 0) is 43.8 Å². The van der Waals surface area contributed by atoms with E-state index in [2.05, 4.69) is 16.9 Å². The van der Waals surface area contributed by atoms with Gasteiger partial charge in [0.2, 0.25) is 0 Å². The highest BCUT2D eigenvalue weighted by Gasteiger charge is 2.05. The summed E-state index contributed by atoms with van der Waals surface area (Å²) in [4.78, 5) is 6.15. The first-order valence-electron chi connectivity index (χ1n) is 5.58. The van der Waals surface area contributed by atoms with Gasteiger partial charge in [0.1, 0.15) is 17.3 Å². The third kappa shape index (κ3) is 3.32. The highest BCUT2D eigenvalue weighted by molar-refractivity contribution is 5.31. The van der Waals surface area contributed by atoms with E-state index in [0.29, 0.717) is 5.82 Å². The summed E-state index contributed by atoms with van der Waals surface area (Å²) in [5.74, 6) is 2.48. The number of pyridine rings is 1. The molecule has 2 rings (SSSR count). The molecule has 0 aliphatic heterocycles. The van der Waals surface area contributed by atoms with Gasteiger partial charge in [0.25, 0.3) is 0 Å². The van der Waals surface area contributed by atoms with Crippen molar-refractivity contribution in [2.24, 2.45) is 0 Å². The second-order valence-electron chi connectivity index (χ2n) is 4.27. The van der Waals surface area contributed by atoms with Crippen LogP contribution in [-0.4, -0.2) is 16.9 Å². The Balaban J connectivity index is 1.95. The van der Waals surface area contributed by atoms with Gasteiger partial charge in [-0.2, -0.15) is 0 Å². The van der Waals surface area contributed by atoms with Gasteiger partial charge in [-0.1, -0.05) is 0 Å². The lowest BCUT2D eigenvalue weighted by molar-refractivity contribution is 0.285. The van der Waals surface area contributed by atoms with Crippen molar-refractivity contribution < 1.29 is 4.42 Å². The maximum atomic E-state index is 5.64. The Kier molecular flexibility index (Phi) is 3.44. The van der Waals surface area contributed by atoms with Gasteiger partial charge >= 0.3 is 0 Å². The zero-order valence-corrected chi connectivity index (χ0v) is 10.2. The zero-order valence-electron chi connectivity index (χ0n) is 10.2. The van der Waals surface area contributed by atoms with Crippen LogP contribution in [0.4, 0.5) is 5.82 Å². The molecule has 90 valence electrons. The normalized spacial score (nSPS) is 11.0. The smallest absolute Gasteiger partial charge is 0.123 e. The summed E-state index contributed by atoms with van der Waals surface area (Å²) in [6.45, 7) is 3.57. The number of aryl methyl sites for hydroxylation is 1. The first-order valence-corrected chi connectivity index (χ1v) is 5.58. The van der Waals surface area contributed by atoms with Crippen LogP contribution in [0, 0.1) is 6.92 Å². The minimum absolute atomic E-state index is 0.560. The molecule has 0 radical (unpaired) electrons. The fourth-order valence-electron chi connectivity index (χ4n) is 1.80. The van der Waals surface area contributed by atoms with Crippen LogP contribution < -0.4 is 5.73 Å². The van der Waals surface area contributed by atoms with Gasteiger partial charge < -0.3 is 10.2 Å². The SMILES string of the molecule is Cc1ccc(CN(C)Cc2ccnc(N)c2)o1. The molecule has 0 bridgehead atoms. The van der Waals surface area contributed by atoms with Crippen LogP contribution in [0.3, 0.4) is 0 Å². The molecule has 4 nitrogen and oxygen atoms in total. The fraction of sp³-hybridized carbons (Fsp3) is 0.308. The molecule has 0 aliphatic rings. The van der Waals surface area contributed by atoms with E-state index in [1.165, 1.54) is 0 Å². The van der Waals surface area contributed by atoms with Crippen molar-refractivity contribution in [3.05, 3.63) is 47.5 Å². The van der Waals surface area contributed by atoms with E-state index in [-0.39, 0.29) is 0 Å². The molecule has 0 amide bonds. The highest BCUT2D eigenvalue weighted by Crippen LogP contribution is 2.11. The summed E-state index contributed by atoms with van der Waals surface area (Å²) >= 11 is 0. The van der Waals surface area contributed by atoms with E-state index in [1.807, 2.05) is 31.2 Å². The Morgan fingerprint density at radius 1 is 1.29 bits per heavy atom. The van der Waals surface area contributed by atoms with Crippen LogP contribution in [0.1, 0.15) is 17.1 Å². The monoisotopic (exact) mass is 231 g/mol. The average molecular weight is 231 g/mol. The number of anilines is 1. The third-order valence-electron chi connectivity index (χ3n) is 2.52. The molecule has 0 aliphatic carbocycles. The molecule has 2 heterocycles. The van der Waals surface area contributed by atoms with Crippen molar-refractivity contribution in [1.29, 1.82) is 0 Å². The van der Waals surface area contributed by atoms with E-state index >= 15 is 0 Å². The number of furan rings is 1. The molecule has 2 N–H and O–H groups in total. The average Bonchev–Trinajstić information content (AvgIpc) is 2.63. The summed E-state index contributed by atoms with van der Waals surface area (Å²) in [7, 11) is 2.05. The van der Waals surface area contributed by atoms with Gasteiger partial charge in [0.05, 0.1) is 6.54 Å². The summed E-state index contributed by atoms with van der Waals surface area (Å²) in [6.07, 6.45) is 1.73. The number of nitrogens with zero attached hydrogens (tertiary/aromatic N) is 2. The number of aromatic nitrogens is 1. The van der Waals surface area contributed by atoms with Crippen molar-refractivity contribution >= 4 is 5.82 Å². The summed E-state index contributed by atoms with van der Waals surface area (Å²) in [5, 5.41) is 0. The minimum Gasteiger partial charge on any atom is -0.465 e. The number of rotatable bonds is 4. The molecule has 2 aromatic rings. The van der Waals surface area contributed by atoms with Gasteiger partial charge in [0.15, 0.2) is 0 Å². The van der Waals surface area contributed by atoms with Crippen molar-refractivity contribution in [3.8, 4) is 0 Å². The predicted octanol–water partition coefficient (Wildman–Crippen LogP) is 2.20. The minimum atomic E-state index is 0.560. The molecule has 0 fully saturated rings. The summed E-state index contributed by atoms with van der Waals surface area (Å²) in [6, 6.07) is 7.85. The standard InChI is InChI=1S/C13H17N3O/c1-10-3-4-12(17-10)9-16(2)8-11-5-6-15-13(14)7-11/h3-7H,8-9H2,1-2H3,(H2,14,15). The molecule has 0 atom stereocenters. The molecule has 0 unspecified atom stereocenters. The van der Waals surface area contributed by atoms with Crippen molar-refractivity contribution in [1.82, 2.24) is 9.88 Å². The molecule has 0 saturated heterocycles. The summed E-state index contributed by atoms with van der Waals surface area (Å²) in [5.41, 5.74) is 6.80. The second-order valence-corrected chi connectivity index (χ2v) is 4.27. The lowest BCUT2D eigenvalue weighted by Gasteiger charge is -2.15. The number of nitrogen functional groups attached to an aromatic ring is 1. The lowest BCUT2D eigenvalue weighted by atomic mass is 10.2. The van der Waals surface area contributed by atoms with E-state index in [1.54, 1.807) is 6.20 Å². The zero-order chi connectivity index (χ0) is 12.3. The first-order chi connectivity index (χ1) is 8.13. The van der Waals surface area contributed by atoms with E-state index in [0.717, 1.165) is 30.2 Å². The van der Waals surface area contributed by atoms with Crippen molar-refractivity contribution in [2.75, 3.05) is 12.8 Å². The van der Waals surface area contributed by atoms with E-state index in [9.17, 15) is 0 Å². The second kappa shape index (κ2) is 5.01. The number of hydrogen-bond acceptors (Lipinski definition) is 4. The maximum absolute atomic E-state index is 5.64. The molecule has 0 saturated carbocycles.